The van der Waals surface area contributed by atoms with Crippen LogP contribution < -0.4 is 19.5 Å². The fourth-order valence-electron chi connectivity index (χ4n) is 3.32. The third kappa shape index (κ3) is 5.21. The fourth-order valence-corrected chi connectivity index (χ4v) is 4.33. The Labute approximate surface area is 206 Å². The lowest BCUT2D eigenvalue weighted by atomic mass is 10.1. The maximum Gasteiger partial charge on any atom is 0.234 e. The topological polar surface area (TPSA) is 87.0 Å². The molecule has 2 aromatic heterocycles. The highest BCUT2D eigenvalue weighted by atomic mass is 35.5. The van der Waals surface area contributed by atoms with Gasteiger partial charge in [0.25, 0.3) is 0 Å². The summed E-state index contributed by atoms with van der Waals surface area (Å²) in [6, 6.07) is 12.9. The number of rotatable bonds is 9. The van der Waals surface area contributed by atoms with E-state index in [1.165, 1.54) is 26.0 Å². The summed E-state index contributed by atoms with van der Waals surface area (Å²) in [6.07, 6.45) is 3.44. The van der Waals surface area contributed by atoms with E-state index >= 15 is 0 Å². The standard InChI is InChI=1S/C24H23ClN4O4S/c1-4-33-16-7-5-15(6-8-16)18-12-20-24(26-9-10-29(20)28-18)34-14-23(30)27-19-11-17(25)21(31-2)13-22(19)32-3/h5-13H,4,14H2,1-3H3,(H,27,30). The van der Waals surface area contributed by atoms with Crippen LogP contribution in [0.15, 0.2) is 59.9 Å². The minimum absolute atomic E-state index is 0.142. The summed E-state index contributed by atoms with van der Waals surface area (Å²) in [5, 5.41) is 8.54. The van der Waals surface area contributed by atoms with Gasteiger partial charge < -0.3 is 19.5 Å². The quantitative estimate of drug-likeness (QED) is 0.317. The van der Waals surface area contributed by atoms with Crippen LogP contribution in [0.5, 0.6) is 17.2 Å². The number of methoxy groups -OCH3 is 2. The van der Waals surface area contributed by atoms with Crippen LogP contribution in [0, 0.1) is 0 Å². The highest BCUT2D eigenvalue weighted by Crippen LogP contribution is 2.36. The third-order valence-electron chi connectivity index (χ3n) is 4.90. The van der Waals surface area contributed by atoms with Gasteiger partial charge in [-0.2, -0.15) is 5.10 Å². The minimum Gasteiger partial charge on any atom is -0.495 e. The fraction of sp³-hybridized carbons (Fsp3) is 0.208. The van der Waals surface area contributed by atoms with Crippen molar-refractivity contribution < 1.29 is 19.0 Å². The Morgan fingerprint density at radius 1 is 1.12 bits per heavy atom. The molecule has 0 aliphatic carbocycles. The molecule has 2 aromatic carbocycles. The number of ether oxygens (including phenoxy) is 3. The van der Waals surface area contributed by atoms with Crippen molar-refractivity contribution in [2.45, 2.75) is 11.9 Å². The van der Waals surface area contributed by atoms with Gasteiger partial charge in [-0.1, -0.05) is 23.4 Å². The monoisotopic (exact) mass is 498 g/mol. The molecule has 0 radical (unpaired) electrons. The predicted octanol–water partition coefficient (Wildman–Crippen LogP) is 5.20. The van der Waals surface area contributed by atoms with Gasteiger partial charge in [-0.25, -0.2) is 9.50 Å². The Kier molecular flexibility index (Phi) is 7.44. The largest absolute Gasteiger partial charge is 0.495 e. The highest BCUT2D eigenvalue weighted by molar-refractivity contribution is 8.00. The van der Waals surface area contributed by atoms with Crippen LogP contribution in [0.25, 0.3) is 16.8 Å². The second kappa shape index (κ2) is 10.7. The van der Waals surface area contributed by atoms with Gasteiger partial charge in [0.1, 0.15) is 22.3 Å². The normalized spacial score (nSPS) is 10.8. The molecule has 0 spiro atoms. The van der Waals surface area contributed by atoms with Crippen molar-refractivity contribution in [1.82, 2.24) is 14.6 Å². The number of fused-ring (bicyclic) bond motifs is 1. The maximum atomic E-state index is 12.6. The number of thioether (sulfide) groups is 1. The third-order valence-corrected chi connectivity index (χ3v) is 6.19. The van der Waals surface area contributed by atoms with Gasteiger partial charge in [0.05, 0.1) is 48.5 Å². The minimum atomic E-state index is -0.223. The number of aromatic nitrogens is 3. The molecule has 0 atom stereocenters. The summed E-state index contributed by atoms with van der Waals surface area (Å²) in [5.74, 6) is 1.65. The zero-order valence-corrected chi connectivity index (χ0v) is 20.4. The van der Waals surface area contributed by atoms with E-state index in [1.54, 1.807) is 29.0 Å². The number of halogens is 1. The van der Waals surface area contributed by atoms with E-state index in [4.69, 9.17) is 25.8 Å². The number of amides is 1. The van der Waals surface area contributed by atoms with Gasteiger partial charge in [0.15, 0.2) is 0 Å². The molecule has 176 valence electrons. The van der Waals surface area contributed by atoms with Crippen LogP contribution >= 0.6 is 23.4 Å². The molecule has 0 bridgehead atoms. The Morgan fingerprint density at radius 2 is 1.88 bits per heavy atom. The van der Waals surface area contributed by atoms with Gasteiger partial charge in [-0.05, 0) is 43.3 Å². The summed E-state index contributed by atoms with van der Waals surface area (Å²) < 4.78 is 17.8. The highest BCUT2D eigenvalue weighted by Gasteiger charge is 2.15. The number of nitrogens with one attached hydrogen (secondary N) is 1. The van der Waals surface area contributed by atoms with E-state index in [0.29, 0.717) is 33.8 Å². The van der Waals surface area contributed by atoms with E-state index in [-0.39, 0.29) is 11.7 Å². The molecule has 0 aliphatic rings. The average Bonchev–Trinajstić information content (AvgIpc) is 3.28. The Balaban J connectivity index is 1.48. The van der Waals surface area contributed by atoms with E-state index in [0.717, 1.165) is 22.5 Å². The van der Waals surface area contributed by atoms with Crippen molar-refractivity contribution in [2.75, 3.05) is 31.9 Å². The summed E-state index contributed by atoms with van der Waals surface area (Å²) >= 11 is 7.51. The van der Waals surface area contributed by atoms with Crippen LogP contribution in [-0.2, 0) is 4.79 Å². The van der Waals surface area contributed by atoms with Crippen LogP contribution in [0.1, 0.15) is 6.92 Å². The number of anilines is 1. The molecular weight excluding hydrogens is 476 g/mol. The number of benzene rings is 2. The number of nitrogens with zero attached hydrogens (tertiary/aromatic N) is 3. The van der Waals surface area contributed by atoms with Crippen LogP contribution in [0.2, 0.25) is 5.02 Å². The smallest absolute Gasteiger partial charge is 0.234 e. The lowest BCUT2D eigenvalue weighted by molar-refractivity contribution is -0.113. The zero-order chi connectivity index (χ0) is 24.1. The molecule has 0 fully saturated rings. The molecule has 4 rings (SSSR count). The van der Waals surface area contributed by atoms with Gasteiger partial charge in [0, 0.05) is 24.0 Å². The molecule has 10 heteroatoms. The first-order chi connectivity index (χ1) is 16.5. The summed E-state index contributed by atoms with van der Waals surface area (Å²) in [5.41, 5.74) is 3.05. The summed E-state index contributed by atoms with van der Waals surface area (Å²) in [6.45, 7) is 2.57. The van der Waals surface area contributed by atoms with Gasteiger partial charge >= 0.3 is 0 Å². The van der Waals surface area contributed by atoms with Crippen molar-refractivity contribution in [3.8, 4) is 28.5 Å². The van der Waals surface area contributed by atoms with Crippen molar-refractivity contribution >= 4 is 40.5 Å². The SMILES string of the molecule is CCOc1ccc(-c2cc3c(SCC(=O)Nc4cc(Cl)c(OC)cc4OC)nccn3n2)cc1. The van der Waals surface area contributed by atoms with Crippen LogP contribution in [0.3, 0.4) is 0 Å². The molecule has 0 saturated carbocycles. The lowest BCUT2D eigenvalue weighted by Gasteiger charge is -2.13. The lowest BCUT2D eigenvalue weighted by Crippen LogP contribution is -2.15. The van der Waals surface area contributed by atoms with Gasteiger partial charge in [0.2, 0.25) is 5.91 Å². The summed E-state index contributed by atoms with van der Waals surface area (Å²) in [4.78, 5) is 17.1. The first kappa shape index (κ1) is 23.7. The Bertz CT molecular complexity index is 1310. The Hall–Kier alpha value is -3.43. The van der Waals surface area contributed by atoms with E-state index < -0.39 is 0 Å². The molecule has 2 heterocycles. The van der Waals surface area contributed by atoms with Crippen LogP contribution in [-0.4, -0.2) is 47.1 Å². The second-order valence-corrected chi connectivity index (χ2v) is 8.44. The maximum absolute atomic E-state index is 12.6. The predicted molar refractivity (Wildman–Crippen MR) is 134 cm³/mol. The van der Waals surface area contributed by atoms with E-state index in [1.807, 2.05) is 37.3 Å². The number of hydrogen-bond donors (Lipinski definition) is 1. The first-order valence-electron chi connectivity index (χ1n) is 10.4. The molecule has 34 heavy (non-hydrogen) atoms. The van der Waals surface area contributed by atoms with E-state index in [9.17, 15) is 4.79 Å². The van der Waals surface area contributed by atoms with Crippen molar-refractivity contribution in [3.05, 3.63) is 59.9 Å². The molecule has 0 unspecified atom stereocenters. The molecule has 0 aliphatic heterocycles. The molecule has 0 saturated heterocycles. The second-order valence-electron chi connectivity index (χ2n) is 7.07. The van der Waals surface area contributed by atoms with E-state index in [2.05, 4.69) is 15.4 Å². The molecule has 4 aromatic rings. The van der Waals surface area contributed by atoms with Crippen LogP contribution in [0.4, 0.5) is 5.69 Å². The van der Waals surface area contributed by atoms with Gasteiger partial charge in [-0.3, -0.25) is 4.79 Å². The summed E-state index contributed by atoms with van der Waals surface area (Å²) in [7, 11) is 3.03. The molecule has 1 N–H and O–H groups in total. The number of carbonyl (C=O) groups excluding carboxylic acids is 1. The average molecular weight is 499 g/mol. The number of carbonyl (C=O) groups is 1. The number of hydrogen-bond acceptors (Lipinski definition) is 7. The van der Waals surface area contributed by atoms with Crippen molar-refractivity contribution in [3.63, 3.8) is 0 Å². The molecule has 1 amide bonds. The zero-order valence-electron chi connectivity index (χ0n) is 18.9. The molecule has 8 nitrogen and oxygen atoms in total. The Morgan fingerprint density at radius 3 is 2.59 bits per heavy atom. The van der Waals surface area contributed by atoms with Gasteiger partial charge in [-0.15, -0.1) is 0 Å². The van der Waals surface area contributed by atoms with Crippen molar-refractivity contribution in [1.29, 1.82) is 0 Å². The molecular formula is C24H23ClN4O4S. The first-order valence-corrected chi connectivity index (χ1v) is 11.8. The van der Waals surface area contributed by atoms with Crippen molar-refractivity contribution in [2.24, 2.45) is 0 Å².